The van der Waals surface area contributed by atoms with Crippen molar-refractivity contribution >= 4 is 32.5 Å². The number of rotatable bonds is 6. The van der Waals surface area contributed by atoms with Gasteiger partial charge < -0.3 is 4.98 Å². The molecule has 0 radical (unpaired) electrons. The van der Waals surface area contributed by atoms with Crippen LogP contribution in [0.5, 0.6) is 0 Å². The van der Waals surface area contributed by atoms with Crippen molar-refractivity contribution in [3.63, 3.8) is 0 Å². The molecule has 4 aromatic rings. The van der Waals surface area contributed by atoms with E-state index in [1.54, 1.807) is 6.07 Å². The van der Waals surface area contributed by atoms with E-state index in [9.17, 15) is 17.6 Å². The van der Waals surface area contributed by atoms with Gasteiger partial charge in [0.2, 0.25) is 10.0 Å². The first-order valence-corrected chi connectivity index (χ1v) is 11.7. The van der Waals surface area contributed by atoms with Gasteiger partial charge in [-0.25, -0.2) is 12.8 Å². The molecular weight excluding hydrogens is 451 g/mol. The Morgan fingerprint density at radius 1 is 0.938 bits per heavy atom. The minimum atomic E-state index is -3.97. The fraction of sp³-hybridized carbons (Fsp3) is 0.125. The molecule has 0 saturated carbocycles. The van der Waals surface area contributed by atoms with Crippen LogP contribution in [0.2, 0.25) is 5.02 Å². The molecule has 4 rings (SSSR count). The van der Waals surface area contributed by atoms with Crippen LogP contribution in [0.3, 0.4) is 0 Å². The van der Waals surface area contributed by atoms with Gasteiger partial charge in [0, 0.05) is 29.2 Å². The molecule has 0 spiro atoms. The van der Waals surface area contributed by atoms with Gasteiger partial charge in [0.05, 0.1) is 4.90 Å². The first-order valence-electron chi connectivity index (χ1n) is 9.85. The molecule has 0 aliphatic heterocycles. The van der Waals surface area contributed by atoms with E-state index in [2.05, 4.69) is 4.98 Å². The van der Waals surface area contributed by atoms with Gasteiger partial charge in [-0.2, -0.15) is 4.31 Å². The summed E-state index contributed by atoms with van der Waals surface area (Å²) in [5.41, 5.74) is 2.23. The monoisotopic (exact) mass is 470 g/mol. The summed E-state index contributed by atoms with van der Waals surface area (Å²) < 4.78 is 41.4. The number of hydrogen-bond donors (Lipinski definition) is 1. The number of aryl methyl sites for hydroxylation is 1. The Kier molecular flexibility index (Phi) is 6.15. The van der Waals surface area contributed by atoms with Crippen LogP contribution in [0.1, 0.15) is 16.7 Å². The quantitative estimate of drug-likeness (QED) is 0.430. The molecular formula is C24H20ClFN2O3S. The minimum absolute atomic E-state index is 0.0311. The maximum Gasteiger partial charge on any atom is 0.252 e. The maximum atomic E-state index is 13.4. The van der Waals surface area contributed by atoms with Gasteiger partial charge in [-0.15, -0.1) is 0 Å². The molecule has 0 atom stereocenters. The summed E-state index contributed by atoms with van der Waals surface area (Å²) in [5, 5.41) is 1.21. The Labute approximate surface area is 190 Å². The van der Waals surface area contributed by atoms with E-state index in [0.717, 1.165) is 10.9 Å². The Morgan fingerprint density at radius 3 is 2.31 bits per heavy atom. The van der Waals surface area contributed by atoms with Crippen LogP contribution in [0.15, 0.2) is 82.5 Å². The highest BCUT2D eigenvalue weighted by atomic mass is 35.5. The van der Waals surface area contributed by atoms with Crippen molar-refractivity contribution in [2.75, 3.05) is 0 Å². The minimum Gasteiger partial charge on any atom is -0.322 e. The smallest absolute Gasteiger partial charge is 0.252 e. The number of H-pyrrole nitrogens is 1. The second kappa shape index (κ2) is 8.86. The van der Waals surface area contributed by atoms with Gasteiger partial charge in [-0.05, 0) is 72.0 Å². The van der Waals surface area contributed by atoms with Crippen molar-refractivity contribution in [2.45, 2.75) is 24.9 Å². The zero-order valence-electron chi connectivity index (χ0n) is 17.2. The molecule has 0 unspecified atom stereocenters. The molecule has 32 heavy (non-hydrogen) atoms. The van der Waals surface area contributed by atoms with Gasteiger partial charge in [0.25, 0.3) is 5.56 Å². The third kappa shape index (κ3) is 4.75. The van der Waals surface area contributed by atoms with Crippen molar-refractivity contribution in [3.8, 4) is 0 Å². The van der Waals surface area contributed by atoms with Gasteiger partial charge in [0.1, 0.15) is 5.82 Å². The van der Waals surface area contributed by atoms with Gasteiger partial charge in [0.15, 0.2) is 0 Å². The van der Waals surface area contributed by atoms with Crippen LogP contribution >= 0.6 is 11.6 Å². The number of halogens is 2. The van der Waals surface area contributed by atoms with Gasteiger partial charge >= 0.3 is 0 Å². The second-order valence-corrected chi connectivity index (χ2v) is 9.94. The Balaban J connectivity index is 1.76. The number of nitrogens with zero attached hydrogens (tertiary/aromatic N) is 1. The Morgan fingerprint density at radius 2 is 1.62 bits per heavy atom. The first-order chi connectivity index (χ1) is 15.2. The lowest BCUT2D eigenvalue weighted by Crippen LogP contribution is -2.32. The van der Waals surface area contributed by atoms with Crippen molar-refractivity contribution in [2.24, 2.45) is 0 Å². The number of nitrogens with one attached hydrogen (secondary N) is 1. The molecule has 0 fully saturated rings. The summed E-state index contributed by atoms with van der Waals surface area (Å²) in [5.74, 6) is -0.415. The third-order valence-electron chi connectivity index (χ3n) is 5.15. The summed E-state index contributed by atoms with van der Waals surface area (Å²) in [4.78, 5) is 15.6. The van der Waals surface area contributed by atoms with Crippen molar-refractivity contribution < 1.29 is 12.8 Å². The van der Waals surface area contributed by atoms with Crippen LogP contribution in [-0.4, -0.2) is 17.7 Å². The Bertz CT molecular complexity index is 1430. The number of benzene rings is 3. The highest BCUT2D eigenvalue weighted by molar-refractivity contribution is 7.89. The summed E-state index contributed by atoms with van der Waals surface area (Å²) in [6.45, 7) is 1.74. The lowest BCUT2D eigenvalue weighted by molar-refractivity contribution is 0.399. The molecule has 0 bridgehead atoms. The molecule has 8 heteroatoms. The Hall–Kier alpha value is -3.00. The van der Waals surface area contributed by atoms with E-state index < -0.39 is 15.8 Å². The van der Waals surface area contributed by atoms with E-state index in [1.165, 1.54) is 52.8 Å². The van der Waals surface area contributed by atoms with Gasteiger partial charge in [-0.1, -0.05) is 35.9 Å². The molecule has 1 aromatic heterocycles. The van der Waals surface area contributed by atoms with Crippen LogP contribution in [0, 0.1) is 12.7 Å². The largest absolute Gasteiger partial charge is 0.322 e. The fourth-order valence-corrected chi connectivity index (χ4v) is 4.97. The molecule has 1 N–H and O–H groups in total. The van der Waals surface area contributed by atoms with E-state index in [4.69, 9.17) is 11.6 Å². The molecule has 5 nitrogen and oxygen atoms in total. The highest BCUT2D eigenvalue weighted by Crippen LogP contribution is 2.23. The van der Waals surface area contributed by atoms with E-state index in [-0.39, 0.29) is 23.5 Å². The number of sulfonamides is 1. The van der Waals surface area contributed by atoms with Crippen LogP contribution < -0.4 is 5.56 Å². The van der Waals surface area contributed by atoms with E-state index in [1.807, 2.05) is 25.1 Å². The van der Waals surface area contributed by atoms with Crippen LogP contribution in [0.4, 0.5) is 4.39 Å². The normalized spacial score (nSPS) is 11.9. The zero-order chi connectivity index (χ0) is 22.9. The second-order valence-electron chi connectivity index (χ2n) is 7.57. The van der Waals surface area contributed by atoms with Crippen LogP contribution in [0.25, 0.3) is 10.9 Å². The molecule has 0 saturated heterocycles. The number of aromatic amines is 1. The number of fused-ring (bicyclic) bond motifs is 1. The SMILES string of the molecule is Cc1ccc2cc(CN(Cc3ccc(F)cc3)S(=O)(=O)c3ccc(Cl)cc3)c(=O)[nH]c2c1. The fourth-order valence-electron chi connectivity index (χ4n) is 3.44. The first kappa shape index (κ1) is 22.2. The van der Waals surface area contributed by atoms with Crippen molar-refractivity contribution in [1.29, 1.82) is 0 Å². The molecule has 1 heterocycles. The third-order valence-corrected chi connectivity index (χ3v) is 7.21. The number of aromatic nitrogens is 1. The lowest BCUT2D eigenvalue weighted by Gasteiger charge is -2.22. The zero-order valence-corrected chi connectivity index (χ0v) is 18.8. The highest BCUT2D eigenvalue weighted by Gasteiger charge is 2.26. The average Bonchev–Trinajstić information content (AvgIpc) is 2.75. The predicted molar refractivity (Wildman–Crippen MR) is 124 cm³/mol. The van der Waals surface area contributed by atoms with E-state index in [0.29, 0.717) is 21.7 Å². The van der Waals surface area contributed by atoms with Crippen molar-refractivity contribution in [1.82, 2.24) is 9.29 Å². The van der Waals surface area contributed by atoms with Crippen LogP contribution in [-0.2, 0) is 23.1 Å². The molecule has 0 amide bonds. The topological polar surface area (TPSA) is 70.2 Å². The van der Waals surface area contributed by atoms with E-state index >= 15 is 0 Å². The van der Waals surface area contributed by atoms with Gasteiger partial charge in [-0.3, -0.25) is 4.79 Å². The molecule has 164 valence electrons. The predicted octanol–water partition coefficient (Wildman–Crippen LogP) is 5.02. The summed E-state index contributed by atoms with van der Waals surface area (Å²) in [6, 6.07) is 18.8. The molecule has 0 aliphatic carbocycles. The summed E-state index contributed by atoms with van der Waals surface area (Å²) in [7, 11) is -3.97. The average molecular weight is 471 g/mol. The lowest BCUT2D eigenvalue weighted by atomic mass is 10.1. The number of pyridine rings is 1. The number of hydrogen-bond acceptors (Lipinski definition) is 3. The summed E-state index contributed by atoms with van der Waals surface area (Å²) in [6.07, 6.45) is 0. The molecule has 3 aromatic carbocycles. The molecule has 0 aliphatic rings. The standard InChI is InChI=1S/C24H20ClFN2O3S/c1-16-2-5-18-13-19(24(29)27-23(18)12-16)15-28(14-17-3-8-21(26)9-4-17)32(30,31)22-10-6-20(25)7-11-22/h2-13H,14-15H2,1H3,(H,27,29). The maximum absolute atomic E-state index is 13.4. The summed E-state index contributed by atoms with van der Waals surface area (Å²) >= 11 is 5.91. The van der Waals surface area contributed by atoms with Crippen molar-refractivity contribution in [3.05, 3.63) is 111 Å².